The van der Waals surface area contributed by atoms with Gasteiger partial charge in [-0.3, -0.25) is 14.6 Å². The fourth-order valence-corrected chi connectivity index (χ4v) is 5.06. The monoisotopic (exact) mass is 479 g/mol. The number of benzene rings is 2. The highest BCUT2D eigenvalue weighted by molar-refractivity contribution is 6.09. The number of carbonyl (C=O) groups excluding carboxylic acids is 2. The second-order valence-corrected chi connectivity index (χ2v) is 8.90. The molecule has 0 spiro atoms. The van der Waals surface area contributed by atoms with Gasteiger partial charge in [0.25, 0.3) is 0 Å². The Morgan fingerprint density at radius 3 is 2.51 bits per heavy atom. The van der Waals surface area contributed by atoms with E-state index in [1.807, 2.05) is 25.1 Å². The van der Waals surface area contributed by atoms with Gasteiger partial charge in [-0.25, -0.2) is 4.39 Å². The maximum atomic E-state index is 15.0. The molecule has 2 aromatic rings. The Bertz CT molecular complexity index is 1200. The number of hydrogen-bond acceptors (Lipinski definition) is 6. The van der Waals surface area contributed by atoms with Crippen molar-refractivity contribution in [1.29, 1.82) is 0 Å². The van der Waals surface area contributed by atoms with Crippen molar-refractivity contribution >= 4 is 17.5 Å². The average molecular weight is 480 g/mol. The molecule has 6 nitrogen and oxygen atoms in total. The molecule has 35 heavy (non-hydrogen) atoms. The summed E-state index contributed by atoms with van der Waals surface area (Å²) in [4.78, 5) is 31.4. The Labute approximate surface area is 204 Å². The third-order valence-electron chi connectivity index (χ3n) is 6.71. The zero-order chi connectivity index (χ0) is 25.1. The van der Waals surface area contributed by atoms with Crippen LogP contribution >= 0.6 is 0 Å². The van der Waals surface area contributed by atoms with Crippen LogP contribution < -0.4 is 9.47 Å². The molecule has 2 aromatic carbocycles. The van der Waals surface area contributed by atoms with E-state index in [0.29, 0.717) is 46.9 Å². The summed E-state index contributed by atoms with van der Waals surface area (Å²) in [6.45, 7) is 3.91. The Morgan fingerprint density at radius 2 is 1.83 bits per heavy atom. The average Bonchev–Trinajstić information content (AvgIpc) is 2.86. The molecule has 3 atom stereocenters. The van der Waals surface area contributed by atoms with Gasteiger partial charge in [0.2, 0.25) is 0 Å². The topological polar surface area (TPSA) is 74.2 Å². The Balaban J connectivity index is 1.77. The normalized spacial score (nSPS) is 21.8. The SMILES string of the molecule is CCCOC(=O)C1C(C)=NC2=C(C(=O)C[C@@H](c3ccc(OC)c(OC)c3)C2)[C@H]1c1ccccc1F. The zero-order valence-electron chi connectivity index (χ0n) is 20.5. The van der Waals surface area contributed by atoms with Crippen molar-refractivity contribution in [2.24, 2.45) is 10.9 Å². The van der Waals surface area contributed by atoms with E-state index in [1.165, 1.54) is 6.07 Å². The minimum atomic E-state index is -0.848. The molecular weight excluding hydrogens is 449 g/mol. The number of esters is 1. The first kappa shape index (κ1) is 24.6. The smallest absolute Gasteiger partial charge is 0.315 e. The van der Waals surface area contributed by atoms with Gasteiger partial charge >= 0.3 is 5.97 Å². The van der Waals surface area contributed by atoms with Gasteiger partial charge in [-0.15, -0.1) is 0 Å². The minimum absolute atomic E-state index is 0.123. The lowest BCUT2D eigenvalue weighted by Gasteiger charge is -2.36. The Kier molecular flexibility index (Phi) is 7.34. The maximum Gasteiger partial charge on any atom is 0.315 e. The van der Waals surface area contributed by atoms with Crippen LogP contribution in [0.5, 0.6) is 11.5 Å². The van der Waals surface area contributed by atoms with Gasteiger partial charge in [0.05, 0.1) is 20.8 Å². The highest BCUT2D eigenvalue weighted by Gasteiger charge is 2.45. The number of ketones is 1. The van der Waals surface area contributed by atoms with Crippen LogP contribution in [0.25, 0.3) is 0 Å². The van der Waals surface area contributed by atoms with Crippen LogP contribution in [-0.2, 0) is 14.3 Å². The van der Waals surface area contributed by atoms with Crippen molar-refractivity contribution in [1.82, 2.24) is 0 Å². The molecule has 0 N–H and O–H groups in total. The molecule has 2 aliphatic rings. The number of halogens is 1. The summed E-state index contributed by atoms with van der Waals surface area (Å²) >= 11 is 0. The van der Waals surface area contributed by atoms with Crippen molar-refractivity contribution in [2.45, 2.75) is 44.9 Å². The number of Topliss-reactive ketones (excluding diaryl/α,β-unsaturated/α-hetero) is 1. The number of rotatable bonds is 7. The molecule has 7 heteroatoms. The number of methoxy groups -OCH3 is 2. The summed E-state index contributed by atoms with van der Waals surface area (Å²) < 4.78 is 31.2. The van der Waals surface area contributed by atoms with Crippen LogP contribution in [0.3, 0.4) is 0 Å². The second-order valence-electron chi connectivity index (χ2n) is 8.90. The lowest BCUT2D eigenvalue weighted by molar-refractivity contribution is -0.146. The third kappa shape index (κ3) is 4.72. The molecule has 1 aliphatic heterocycles. The van der Waals surface area contributed by atoms with Crippen LogP contribution in [0.1, 0.15) is 56.1 Å². The molecular formula is C28H30FNO5. The zero-order valence-corrected chi connectivity index (χ0v) is 20.5. The van der Waals surface area contributed by atoms with Gasteiger partial charge in [0.15, 0.2) is 17.3 Å². The van der Waals surface area contributed by atoms with Crippen molar-refractivity contribution in [3.8, 4) is 11.5 Å². The standard InChI is InChI=1S/C28H30FNO5/c1-5-12-35-28(32)25-16(2)30-21-13-18(17-10-11-23(33-3)24(15-17)34-4)14-22(31)27(21)26(25)19-8-6-7-9-20(19)29/h6-11,15,18,25-26H,5,12-14H2,1-4H3/t18-,25?,26-/m0/s1. The maximum absolute atomic E-state index is 15.0. The number of ether oxygens (including phenoxy) is 3. The summed E-state index contributed by atoms with van der Waals surface area (Å²) in [5.41, 5.74) is 2.79. The summed E-state index contributed by atoms with van der Waals surface area (Å²) in [5, 5.41) is 0. The molecule has 184 valence electrons. The van der Waals surface area contributed by atoms with Crippen LogP contribution in [-0.4, -0.2) is 38.3 Å². The van der Waals surface area contributed by atoms with E-state index < -0.39 is 23.6 Å². The quantitative estimate of drug-likeness (QED) is 0.499. The number of hydrogen-bond donors (Lipinski definition) is 0. The fourth-order valence-electron chi connectivity index (χ4n) is 5.06. The number of nitrogens with zero attached hydrogens (tertiary/aromatic N) is 1. The molecule has 0 amide bonds. The Morgan fingerprint density at radius 1 is 1.09 bits per heavy atom. The van der Waals surface area contributed by atoms with Crippen molar-refractivity contribution in [3.05, 3.63) is 70.7 Å². The van der Waals surface area contributed by atoms with Crippen LogP contribution in [0.15, 0.2) is 58.7 Å². The summed E-state index contributed by atoms with van der Waals surface area (Å²) in [7, 11) is 3.14. The number of aliphatic imine (C=N–C) groups is 1. The minimum Gasteiger partial charge on any atom is -0.493 e. The molecule has 0 saturated carbocycles. The molecule has 4 rings (SSSR count). The van der Waals surface area contributed by atoms with Gasteiger partial charge < -0.3 is 14.2 Å². The largest absolute Gasteiger partial charge is 0.493 e. The second kappa shape index (κ2) is 10.4. The summed E-state index contributed by atoms with van der Waals surface area (Å²) in [6.07, 6.45) is 1.39. The highest BCUT2D eigenvalue weighted by Crippen LogP contribution is 2.48. The third-order valence-corrected chi connectivity index (χ3v) is 6.71. The van der Waals surface area contributed by atoms with E-state index in [-0.39, 0.29) is 24.7 Å². The van der Waals surface area contributed by atoms with Crippen LogP contribution in [0, 0.1) is 11.7 Å². The first-order chi connectivity index (χ1) is 16.9. The van der Waals surface area contributed by atoms with Crippen LogP contribution in [0.4, 0.5) is 4.39 Å². The molecule has 0 radical (unpaired) electrons. The van der Waals surface area contributed by atoms with Gasteiger partial charge in [0, 0.05) is 29.3 Å². The molecule has 0 fully saturated rings. The summed E-state index contributed by atoms with van der Waals surface area (Å²) in [5.74, 6) is -1.62. The molecule has 1 heterocycles. The predicted molar refractivity (Wildman–Crippen MR) is 131 cm³/mol. The van der Waals surface area contributed by atoms with Gasteiger partial charge in [-0.1, -0.05) is 31.2 Å². The van der Waals surface area contributed by atoms with E-state index in [9.17, 15) is 9.59 Å². The van der Waals surface area contributed by atoms with E-state index >= 15 is 4.39 Å². The van der Waals surface area contributed by atoms with E-state index in [0.717, 1.165) is 5.56 Å². The summed E-state index contributed by atoms with van der Waals surface area (Å²) in [6, 6.07) is 11.9. The molecule has 1 aliphatic carbocycles. The molecule has 1 unspecified atom stereocenters. The highest BCUT2D eigenvalue weighted by atomic mass is 19.1. The number of carbonyl (C=O) groups is 2. The van der Waals surface area contributed by atoms with Crippen molar-refractivity contribution in [3.63, 3.8) is 0 Å². The van der Waals surface area contributed by atoms with E-state index in [4.69, 9.17) is 19.2 Å². The first-order valence-electron chi connectivity index (χ1n) is 11.8. The molecule has 0 aromatic heterocycles. The van der Waals surface area contributed by atoms with Crippen molar-refractivity contribution in [2.75, 3.05) is 20.8 Å². The predicted octanol–water partition coefficient (Wildman–Crippen LogP) is 5.37. The van der Waals surface area contributed by atoms with E-state index in [1.54, 1.807) is 39.3 Å². The lowest BCUT2D eigenvalue weighted by atomic mass is 9.69. The molecule has 0 bridgehead atoms. The molecule has 0 saturated heterocycles. The van der Waals surface area contributed by atoms with Crippen LogP contribution in [0.2, 0.25) is 0 Å². The number of allylic oxidation sites excluding steroid dienone is 2. The fraction of sp³-hybridized carbons (Fsp3) is 0.393. The van der Waals surface area contributed by atoms with Crippen molar-refractivity contribution < 1.29 is 28.2 Å². The Hall–Kier alpha value is -3.48. The van der Waals surface area contributed by atoms with Gasteiger partial charge in [-0.2, -0.15) is 0 Å². The van der Waals surface area contributed by atoms with Gasteiger partial charge in [0.1, 0.15) is 11.7 Å². The lowest BCUT2D eigenvalue weighted by Crippen LogP contribution is -2.38. The first-order valence-corrected chi connectivity index (χ1v) is 11.8. The van der Waals surface area contributed by atoms with Gasteiger partial charge in [-0.05, 0) is 55.0 Å². The van der Waals surface area contributed by atoms with E-state index in [2.05, 4.69) is 0 Å².